The highest BCUT2D eigenvalue weighted by molar-refractivity contribution is 9.10. The summed E-state index contributed by atoms with van der Waals surface area (Å²) >= 11 is 3.63. The van der Waals surface area contributed by atoms with E-state index in [1.807, 2.05) is 36.3 Å². The Labute approximate surface area is 243 Å². The van der Waals surface area contributed by atoms with Gasteiger partial charge in [0.15, 0.2) is 0 Å². The smallest absolute Gasteiger partial charge is 0.145 e. The summed E-state index contributed by atoms with van der Waals surface area (Å²) in [5.74, 6) is 1.68. The number of hydrogen-bond acceptors (Lipinski definition) is 6. The molecule has 2 aromatic heterocycles. The summed E-state index contributed by atoms with van der Waals surface area (Å²) in [5.41, 5.74) is 3.74. The van der Waals surface area contributed by atoms with Gasteiger partial charge in [-0.3, -0.25) is 9.67 Å². The Morgan fingerprint density at radius 1 is 1.10 bits per heavy atom. The number of aliphatic hydroxyl groups excluding tert-OH is 1. The monoisotopic (exact) mass is 602 g/mol. The van der Waals surface area contributed by atoms with Crippen molar-refractivity contribution < 1.29 is 14.6 Å². The minimum Gasteiger partial charge on any atom is -0.495 e. The van der Waals surface area contributed by atoms with Gasteiger partial charge in [0.05, 0.1) is 25.2 Å². The van der Waals surface area contributed by atoms with E-state index in [9.17, 15) is 5.11 Å². The minimum atomic E-state index is -0.715. The topological polar surface area (TPSA) is 81.4 Å². The summed E-state index contributed by atoms with van der Waals surface area (Å²) in [6.07, 6.45) is 7.12. The molecule has 5 atom stereocenters. The molecular weight excluding hydrogens is 568 g/mol. The Kier molecular flexibility index (Phi) is 7.66. The zero-order valence-electron chi connectivity index (χ0n) is 22.8. The van der Waals surface area contributed by atoms with Crippen LogP contribution in [-0.4, -0.2) is 40.1 Å². The van der Waals surface area contributed by atoms with Crippen molar-refractivity contribution in [3.63, 3.8) is 0 Å². The molecule has 8 heteroatoms. The van der Waals surface area contributed by atoms with Gasteiger partial charge in [0, 0.05) is 48.3 Å². The summed E-state index contributed by atoms with van der Waals surface area (Å²) in [4.78, 5) is 4.48. The quantitative estimate of drug-likeness (QED) is 0.287. The number of rotatable bonds is 8. The number of ether oxygens (including phenoxy) is 2. The minimum absolute atomic E-state index is 0.0183. The van der Waals surface area contributed by atoms with Crippen molar-refractivity contribution in [2.75, 3.05) is 20.3 Å². The summed E-state index contributed by atoms with van der Waals surface area (Å²) in [5, 5.41) is 19.1. The first-order chi connectivity index (χ1) is 19.6. The van der Waals surface area contributed by atoms with E-state index in [-0.39, 0.29) is 30.3 Å². The van der Waals surface area contributed by atoms with Gasteiger partial charge in [-0.15, -0.1) is 0 Å². The second-order valence-corrected chi connectivity index (χ2v) is 11.8. The summed E-state index contributed by atoms with van der Waals surface area (Å²) in [6.45, 7) is 1.52. The maximum absolute atomic E-state index is 11.1. The van der Waals surface area contributed by atoms with Crippen LogP contribution < -0.4 is 14.8 Å². The van der Waals surface area contributed by atoms with Crippen LogP contribution in [0.2, 0.25) is 0 Å². The third-order valence-corrected chi connectivity index (χ3v) is 9.49. The van der Waals surface area contributed by atoms with Gasteiger partial charge < -0.3 is 19.9 Å². The number of nitrogens with zero attached hydrogens (tertiary/aromatic N) is 3. The predicted octanol–water partition coefficient (Wildman–Crippen LogP) is 5.23. The number of aliphatic hydroxyl groups is 1. The lowest BCUT2D eigenvalue weighted by atomic mass is 9.72. The molecule has 0 amide bonds. The number of aryl methyl sites for hydroxylation is 1. The number of halogens is 1. The second kappa shape index (κ2) is 11.4. The fourth-order valence-corrected chi connectivity index (χ4v) is 7.48. The SMILES string of the molecule is COc1cncc2c1CC[C@H]1[C@@H](CNCc3ccnn3C)[C@H](CO)[C@@H](c3ccccc3)[C@]1(c1ccc(Br)cc1)O2. The lowest BCUT2D eigenvalue weighted by Crippen LogP contribution is -2.43. The number of aromatic nitrogens is 3. The molecule has 1 fully saturated rings. The molecule has 0 spiro atoms. The van der Waals surface area contributed by atoms with Crippen LogP contribution in [0.25, 0.3) is 0 Å². The number of hydrogen-bond donors (Lipinski definition) is 2. The van der Waals surface area contributed by atoms with Gasteiger partial charge >= 0.3 is 0 Å². The predicted molar refractivity (Wildman–Crippen MR) is 157 cm³/mol. The van der Waals surface area contributed by atoms with Crippen LogP contribution in [0.4, 0.5) is 0 Å². The largest absolute Gasteiger partial charge is 0.495 e. The lowest BCUT2D eigenvalue weighted by Gasteiger charge is -2.41. The average Bonchev–Trinajstić information content (AvgIpc) is 3.44. The molecule has 0 radical (unpaired) electrons. The van der Waals surface area contributed by atoms with Crippen LogP contribution in [0.15, 0.2) is 83.7 Å². The highest BCUT2D eigenvalue weighted by Gasteiger charge is 2.63. The highest BCUT2D eigenvalue weighted by Crippen LogP contribution is 2.63. The molecule has 4 aromatic rings. The lowest BCUT2D eigenvalue weighted by molar-refractivity contribution is 0.0000727. The van der Waals surface area contributed by atoms with Crippen molar-refractivity contribution in [1.29, 1.82) is 0 Å². The molecule has 2 N–H and O–H groups in total. The molecular formula is C32H35BrN4O3. The molecule has 40 heavy (non-hydrogen) atoms. The van der Waals surface area contributed by atoms with Crippen LogP contribution >= 0.6 is 15.9 Å². The molecule has 0 bridgehead atoms. The van der Waals surface area contributed by atoms with Gasteiger partial charge in [0.25, 0.3) is 0 Å². The average molecular weight is 604 g/mol. The molecule has 2 aromatic carbocycles. The molecule has 3 heterocycles. The summed E-state index contributed by atoms with van der Waals surface area (Å²) in [7, 11) is 3.65. The van der Waals surface area contributed by atoms with E-state index in [2.05, 4.69) is 79.9 Å². The van der Waals surface area contributed by atoms with Crippen molar-refractivity contribution >= 4 is 15.9 Å². The Balaban J connectivity index is 1.51. The van der Waals surface area contributed by atoms with Gasteiger partial charge in [-0.2, -0.15) is 5.10 Å². The van der Waals surface area contributed by atoms with Crippen LogP contribution in [0.3, 0.4) is 0 Å². The van der Waals surface area contributed by atoms with E-state index in [1.165, 1.54) is 5.56 Å². The second-order valence-electron chi connectivity index (χ2n) is 10.8. The number of nitrogens with one attached hydrogen (secondary N) is 1. The summed E-state index contributed by atoms with van der Waals surface area (Å²) < 4.78 is 16.0. The number of pyridine rings is 1. The van der Waals surface area contributed by atoms with Crippen molar-refractivity contribution in [3.8, 4) is 11.5 Å². The first-order valence-electron chi connectivity index (χ1n) is 13.9. The van der Waals surface area contributed by atoms with Gasteiger partial charge in [-0.05, 0) is 60.5 Å². The Morgan fingerprint density at radius 3 is 2.60 bits per heavy atom. The molecule has 0 unspecified atom stereocenters. The molecule has 1 saturated carbocycles. The van der Waals surface area contributed by atoms with Crippen LogP contribution in [-0.2, 0) is 25.6 Å². The normalized spacial score (nSPS) is 25.5. The third-order valence-electron chi connectivity index (χ3n) is 8.96. The van der Waals surface area contributed by atoms with Crippen molar-refractivity contribution in [3.05, 3.63) is 106 Å². The van der Waals surface area contributed by atoms with E-state index < -0.39 is 5.60 Å². The van der Waals surface area contributed by atoms with E-state index in [0.29, 0.717) is 6.54 Å². The molecule has 6 rings (SSSR count). The van der Waals surface area contributed by atoms with Crippen molar-refractivity contribution in [1.82, 2.24) is 20.1 Å². The van der Waals surface area contributed by atoms with E-state index >= 15 is 0 Å². The van der Waals surface area contributed by atoms with Crippen molar-refractivity contribution in [2.45, 2.75) is 30.9 Å². The molecule has 1 aliphatic carbocycles. The Hall–Kier alpha value is -3.20. The Bertz CT molecular complexity index is 1440. The number of benzene rings is 2. The molecule has 208 valence electrons. The first-order valence-corrected chi connectivity index (χ1v) is 14.7. The fourth-order valence-electron chi connectivity index (χ4n) is 7.22. The fraction of sp³-hybridized carbons (Fsp3) is 0.375. The van der Waals surface area contributed by atoms with Gasteiger partial charge in [-0.1, -0.05) is 58.4 Å². The van der Waals surface area contributed by atoms with E-state index in [1.54, 1.807) is 13.3 Å². The standard InChI is InChI=1S/C32H35BrN4O3/c1-37-24(14-15-36-37)16-34-17-26-27(20-38)31(21-6-4-3-5-7-21)32(22-8-10-23(33)11-9-22)28(26)13-12-25-29(39-2)18-35-19-30(25)40-32/h3-11,14-15,18-19,26-28,31,34,38H,12-13,16-17,20H2,1-2H3/t26-,27-,28-,31+,32+/m0/s1. The van der Waals surface area contributed by atoms with Crippen LogP contribution in [0, 0.1) is 17.8 Å². The molecule has 2 aliphatic rings. The Morgan fingerprint density at radius 2 is 1.90 bits per heavy atom. The zero-order valence-corrected chi connectivity index (χ0v) is 24.4. The first kappa shape index (κ1) is 27.0. The van der Waals surface area contributed by atoms with E-state index in [0.717, 1.165) is 52.2 Å². The molecule has 1 aliphatic heterocycles. The maximum atomic E-state index is 11.1. The van der Waals surface area contributed by atoms with Gasteiger partial charge in [0.2, 0.25) is 0 Å². The van der Waals surface area contributed by atoms with Gasteiger partial charge in [0.1, 0.15) is 17.1 Å². The molecule has 0 saturated heterocycles. The highest BCUT2D eigenvalue weighted by atomic mass is 79.9. The third kappa shape index (κ3) is 4.62. The zero-order chi connectivity index (χ0) is 27.7. The number of fused-ring (bicyclic) bond motifs is 2. The van der Waals surface area contributed by atoms with Crippen LogP contribution in [0.5, 0.6) is 11.5 Å². The maximum Gasteiger partial charge on any atom is 0.145 e. The van der Waals surface area contributed by atoms with Crippen LogP contribution in [0.1, 0.15) is 34.7 Å². The summed E-state index contributed by atoms with van der Waals surface area (Å²) in [6, 6.07) is 21.1. The number of methoxy groups -OCH3 is 1. The van der Waals surface area contributed by atoms with E-state index in [4.69, 9.17) is 9.47 Å². The van der Waals surface area contributed by atoms with Gasteiger partial charge in [-0.25, -0.2) is 0 Å². The van der Waals surface area contributed by atoms with Crippen molar-refractivity contribution in [2.24, 2.45) is 24.8 Å². The molecule has 7 nitrogen and oxygen atoms in total.